The molecule has 172 valence electrons. The zero-order chi connectivity index (χ0) is 23.4. The fourth-order valence-electron chi connectivity index (χ4n) is 3.72. The Morgan fingerprint density at radius 1 is 1.06 bits per heavy atom. The average molecular weight is 456 g/mol. The van der Waals surface area contributed by atoms with Gasteiger partial charge in [0.1, 0.15) is 11.6 Å². The van der Waals surface area contributed by atoms with Crippen LogP contribution in [0.5, 0.6) is 5.75 Å². The molecule has 0 spiro atoms. The van der Waals surface area contributed by atoms with Gasteiger partial charge in [0, 0.05) is 38.1 Å². The fourth-order valence-corrected chi connectivity index (χ4v) is 3.72. The van der Waals surface area contributed by atoms with E-state index in [1.165, 1.54) is 12.1 Å². The van der Waals surface area contributed by atoms with Crippen molar-refractivity contribution in [1.82, 2.24) is 10.3 Å². The molecule has 0 unspecified atom stereocenters. The quantitative estimate of drug-likeness (QED) is 0.587. The standard InChI is InChI=1S/C24H23F3N4O2/c1-16-20(17-5-8-19(9-6-17)33-24(25,26)27)3-2-4-21(16)30-23(32)18-7-10-22(29-15-18)31-13-11-28-12-14-31/h2-10,15,28H,11-14H2,1H3,(H,30,32). The van der Waals surface area contributed by atoms with Crippen molar-refractivity contribution in [2.24, 2.45) is 0 Å². The van der Waals surface area contributed by atoms with Gasteiger partial charge in [-0.05, 0) is 53.9 Å². The van der Waals surface area contributed by atoms with E-state index in [0.717, 1.165) is 43.1 Å². The zero-order valence-electron chi connectivity index (χ0n) is 17.9. The van der Waals surface area contributed by atoms with E-state index < -0.39 is 6.36 Å². The number of aromatic nitrogens is 1. The van der Waals surface area contributed by atoms with Crippen LogP contribution in [0, 0.1) is 6.92 Å². The zero-order valence-corrected chi connectivity index (χ0v) is 17.9. The van der Waals surface area contributed by atoms with Gasteiger partial charge in [-0.2, -0.15) is 0 Å². The molecule has 9 heteroatoms. The highest BCUT2D eigenvalue weighted by atomic mass is 19.4. The molecule has 2 aromatic carbocycles. The van der Waals surface area contributed by atoms with Crippen molar-refractivity contribution < 1.29 is 22.7 Å². The molecule has 2 N–H and O–H groups in total. The Bertz CT molecular complexity index is 1110. The van der Waals surface area contributed by atoms with Gasteiger partial charge in [-0.25, -0.2) is 4.98 Å². The number of benzene rings is 2. The molecule has 6 nitrogen and oxygen atoms in total. The second kappa shape index (κ2) is 9.50. The molecular formula is C24H23F3N4O2. The average Bonchev–Trinajstić information content (AvgIpc) is 2.81. The molecule has 0 radical (unpaired) electrons. The highest BCUT2D eigenvalue weighted by Crippen LogP contribution is 2.31. The van der Waals surface area contributed by atoms with Gasteiger partial charge < -0.3 is 20.3 Å². The first-order valence-corrected chi connectivity index (χ1v) is 10.5. The Balaban J connectivity index is 1.48. The summed E-state index contributed by atoms with van der Waals surface area (Å²) >= 11 is 0. The van der Waals surface area contributed by atoms with Gasteiger partial charge in [-0.15, -0.1) is 13.2 Å². The highest BCUT2D eigenvalue weighted by molar-refractivity contribution is 6.05. The molecule has 4 rings (SSSR count). The molecule has 2 heterocycles. The van der Waals surface area contributed by atoms with Gasteiger partial charge in [0.2, 0.25) is 0 Å². The van der Waals surface area contributed by atoms with E-state index >= 15 is 0 Å². The second-order valence-electron chi connectivity index (χ2n) is 7.65. The highest BCUT2D eigenvalue weighted by Gasteiger charge is 2.31. The fraction of sp³-hybridized carbons (Fsp3) is 0.250. The summed E-state index contributed by atoms with van der Waals surface area (Å²) in [4.78, 5) is 19.4. The van der Waals surface area contributed by atoms with E-state index in [1.807, 2.05) is 19.1 Å². The first-order chi connectivity index (χ1) is 15.8. The molecule has 3 aromatic rings. The number of halogens is 3. The van der Waals surface area contributed by atoms with Crippen molar-refractivity contribution in [3.8, 4) is 16.9 Å². The van der Waals surface area contributed by atoms with Crippen molar-refractivity contribution >= 4 is 17.4 Å². The summed E-state index contributed by atoms with van der Waals surface area (Å²) in [5.41, 5.74) is 3.34. The van der Waals surface area contributed by atoms with Crippen LogP contribution in [0.25, 0.3) is 11.1 Å². The predicted molar refractivity (Wildman–Crippen MR) is 121 cm³/mol. The SMILES string of the molecule is Cc1c(NC(=O)c2ccc(N3CCNCC3)nc2)cccc1-c1ccc(OC(F)(F)F)cc1. The summed E-state index contributed by atoms with van der Waals surface area (Å²) < 4.78 is 41.1. The third-order valence-electron chi connectivity index (χ3n) is 5.43. The molecule has 0 bridgehead atoms. The molecule has 1 aliphatic heterocycles. The summed E-state index contributed by atoms with van der Waals surface area (Å²) in [7, 11) is 0. The molecule has 1 aliphatic rings. The van der Waals surface area contributed by atoms with E-state index in [0.29, 0.717) is 16.8 Å². The number of carbonyl (C=O) groups excluding carboxylic acids is 1. The Morgan fingerprint density at radius 3 is 2.42 bits per heavy atom. The maximum absolute atomic E-state index is 12.8. The van der Waals surface area contributed by atoms with Crippen molar-refractivity contribution in [3.05, 3.63) is 71.9 Å². The van der Waals surface area contributed by atoms with Crippen LogP contribution in [0.4, 0.5) is 24.7 Å². The number of nitrogens with zero attached hydrogens (tertiary/aromatic N) is 2. The topological polar surface area (TPSA) is 66.5 Å². The molecule has 0 saturated carbocycles. The summed E-state index contributed by atoms with van der Waals surface area (Å²) in [6.45, 7) is 5.38. The number of nitrogens with one attached hydrogen (secondary N) is 2. The monoisotopic (exact) mass is 456 g/mol. The number of ether oxygens (including phenoxy) is 1. The number of pyridine rings is 1. The minimum absolute atomic E-state index is 0.287. The summed E-state index contributed by atoms with van der Waals surface area (Å²) in [5, 5.41) is 6.19. The van der Waals surface area contributed by atoms with Crippen LogP contribution in [0.2, 0.25) is 0 Å². The van der Waals surface area contributed by atoms with Gasteiger partial charge in [0.05, 0.1) is 5.56 Å². The number of rotatable bonds is 5. The second-order valence-corrected chi connectivity index (χ2v) is 7.65. The normalized spacial score (nSPS) is 14.1. The Hall–Kier alpha value is -3.59. The van der Waals surface area contributed by atoms with Crippen molar-refractivity contribution in [1.29, 1.82) is 0 Å². The third kappa shape index (κ3) is 5.61. The number of anilines is 2. The first kappa shape index (κ1) is 22.6. The van der Waals surface area contributed by atoms with Crippen LogP contribution in [-0.4, -0.2) is 43.4 Å². The molecule has 1 fully saturated rings. The van der Waals surface area contributed by atoms with Crippen molar-refractivity contribution in [2.75, 3.05) is 36.4 Å². The third-order valence-corrected chi connectivity index (χ3v) is 5.43. The maximum atomic E-state index is 12.8. The molecule has 0 aliphatic carbocycles. The lowest BCUT2D eigenvalue weighted by Crippen LogP contribution is -2.43. The number of amides is 1. The number of hydrogen-bond donors (Lipinski definition) is 2. The van der Waals surface area contributed by atoms with Crippen LogP contribution >= 0.6 is 0 Å². The molecule has 1 amide bonds. The van der Waals surface area contributed by atoms with Crippen molar-refractivity contribution in [3.63, 3.8) is 0 Å². The largest absolute Gasteiger partial charge is 0.573 e. The number of piperazine rings is 1. The van der Waals surface area contributed by atoms with Gasteiger partial charge in [0.25, 0.3) is 5.91 Å². The molecule has 33 heavy (non-hydrogen) atoms. The number of alkyl halides is 3. The Labute approximate surface area is 189 Å². The van der Waals surface area contributed by atoms with Crippen molar-refractivity contribution in [2.45, 2.75) is 13.3 Å². The molecule has 1 saturated heterocycles. The van der Waals surface area contributed by atoms with Crippen LogP contribution in [0.3, 0.4) is 0 Å². The molecule has 0 atom stereocenters. The number of hydrogen-bond acceptors (Lipinski definition) is 5. The van der Waals surface area contributed by atoms with E-state index in [1.54, 1.807) is 36.5 Å². The lowest BCUT2D eigenvalue weighted by Gasteiger charge is -2.28. The van der Waals surface area contributed by atoms with Crippen LogP contribution in [0.1, 0.15) is 15.9 Å². The van der Waals surface area contributed by atoms with Gasteiger partial charge >= 0.3 is 6.36 Å². The van der Waals surface area contributed by atoms with E-state index in [-0.39, 0.29) is 11.7 Å². The van der Waals surface area contributed by atoms with Gasteiger partial charge in [-0.1, -0.05) is 24.3 Å². The van der Waals surface area contributed by atoms with Crippen LogP contribution in [-0.2, 0) is 0 Å². The minimum atomic E-state index is -4.74. The molecule has 1 aromatic heterocycles. The van der Waals surface area contributed by atoms with E-state index in [4.69, 9.17) is 0 Å². The Morgan fingerprint density at radius 2 is 1.79 bits per heavy atom. The predicted octanol–water partition coefficient (Wildman–Crippen LogP) is 4.62. The van der Waals surface area contributed by atoms with Crippen LogP contribution < -0.4 is 20.3 Å². The maximum Gasteiger partial charge on any atom is 0.573 e. The Kier molecular flexibility index (Phi) is 6.50. The summed E-state index contributed by atoms with van der Waals surface area (Å²) in [6.07, 6.45) is -3.18. The summed E-state index contributed by atoms with van der Waals surface area (Å²) in [6, 6.07) is 14.6. The minimum Gasteiger partial charge on any atom is -0.406 e. The smallest absolute Gasteiger partial charge is 0.406 e. The first-order valence-electron chi connectivity index (χ1n) is 10.5. The molecular weight excluding hydrogens is 433 g/mol. The van der Waals surface area contributed by atoms with E-state index in [2.05, 4.69) is 25.3 Å². The van der Waals surface area contributed by atoms with Gasteiger partial charge in [-0.3, -0.25) is 4.79 Å². The van der Waals surface area contributed by atoms with Crippen LogP contribution in [0.15, 0.2) is 60.8 Å². The van der Waals surface area contributed by atoms with Gasteiger partial charge in [0.15, 0.2) is 0 Å². The summed E-state index contributed by atoms with van der Waals surface area (Å²) in [5.74, 6) is 0.262. The van der Waals surface area contributed by atoms with E-state index in [9.17, 15) is 18.0 Å². The lowest BCUT2D eigenvalue weighted by atomic mass is 9.99. The lowest BCUT2D eigenvalue weighted by molar-refractivity contribution is -0.274. The number of carbonyl (C=O) groups is 1.